The van der Waals surface area contributed by atoms with Crippen LogP contribution in [-0.4, -0.2) is 23.8 Å². The second kappa shape index (κ2) is 7.71. The van der Waals surface area contributed by atoms with Crippen molar-refractivity contribution in [2.24, 2.45) is 0 Å². The third-order valence-electron chi connectivity index (χ3n) is 4.72. The second-order valence-electron chi connectivity index (χ2n) is 6.87. The van der Waals surface area contributed by atoms with Crippen LogP contribution in [0.4, 0.5) is 0 Å². The smallest absolute Gasteiger partial charge is 0.265 e. The van der Waals surface area contributed by atoms with Crippen molar-refractivity contribution in [2.45, 2.75) is 12.8 Å². The number of amides is 1. The van der Waals surface area contributed by atoms with Gasteiger partial charge in [0.25, 0.3) is 11.5 Å². The normalized spacial score (nSPS) is 13.5. The summed E-state index contributed by atoms with van der Waals surface area (Å²) in [6, 6.07) is 14.5. The van der Waals surface area contributed by atoms with Gasteiger partial charge < -0.3 is 20.1 Å². The average Bonchev–Trinajstić information content (AvgIpc) is 2.71. The van der Waals surface area contributed by atoms with E-state index in [0.29, 0.717) is 34.5 Å². The molecule has 0 saturated heterocycles. The van der Waals surface area contributed by atoms with E-state index in [1.54, 1.807) is 18.2 Å². The lowest BCUT2D eigenvalue weighted by Crippen LogP contribution is -2.30. The maximum Gasteiger partial charge on any atom is 0.265 e. The van der Waals surface area contributed by atoms with E-state index in [9.17, 15) is 14.7 Å². The molecule has 3 N–H and O–H groups in total. The quantitative estimate of drug-likeness (QED) is 0.597. The van der Waals surface area contributed by atoms with Gasteiger partial charge in [-0.15, -0.1) is 0 Å². The number of carbonyl (C=O) groups is 1. The molecule has 4 rings (SSSR count). The molecule has 144 valence electrons. The van der Waals surface area contributed by atoms with Crippen molar-refractivity contribution >= 4 is 30.1 Å². The predicted molar refractivity (Wildman–Crippen MR) is 114 cm³/mol. The number of pyridine rings is 1. The van der Waals surface area contributed by atoms with Crippen molar-refractivity contribution in [1.29, 1.82) is 0 Å². The molecule has 1 aliphatic rings. The molecular weight excluding hydrogens is 367 g/mol. The minimum Gasteiger partial charge on any atom is -0.506 e. The third-order valence-corrected chi connectivity index (χ3v) is 4.72. The lowest BCUT2D eigenvalue weighted by atomic mass is 9.94. The summed E-state index contributed by atoms with van der Waals surface area (Å²) in [5.74, 6) is 0.227. The van der Waals surface area contributed by atoms with Gasteiger partial charge in [0, 0.05) is 11.8 Å². The standard InChI is InChI=1S/C22H19BN2O4/c23-13-10-11-16-15(12-13)20(26)19(21(27)24-16)22(28)25-17-8-4-5-9-18(17)29-14-6-2-1-3-7-14/h1-4,6-8,10-12H,5,9,23H2,(H,25,28)(H2,24,26,27). The number of rotatable bonds is 4. The second-order valence-corrected chi connectivity index (χ2v) is 6.87. The molecule has 0 bridgehead atoms. The maximum absolute atomic E-state index is 12.9. The van der Waals surface area contributed by atoms with Crippen molar-refractivity contribution in [3.63, 3.8) is 0 Å². The zero-order valence-corrected chi connectivity index (χ0v) is 15.9. The molecule has 0 saturated carbocycles. The molecule has 0 unspecified atom stereocenters. The molecule has 7 heteroatoms. The number of fused-ring (bicyclic) bond motifs is 1. The molecule has 1 amide bonds. The van der Waals surface area contributed by atoms with Crippen LogP contribution in [0.2, 0.25) is 0 Å². The maximum atomic E-state index is 12.9. The number of hydrogen-bond donors (Lipinski definition) is 3. The topological polar surface area (TPSA) is 91.4 Å². The molecule has 0 aliphatic heterocycles. The Bertz CT molecular complexity index is 1210. The number of carbonyl (C=O) groups excluding carboxylic acids is 1. The Balaban J connectivity index is 1.69. The van der Waals surface area contributed by atoms with Crippen LogP contribution < -0.4 is 21.1 Å². The Hall–Kier alpha value is -3.74. The van der Waals surface area contributed by atoms with Crippen LogP contribution in [0.15, 0.2) is 76.9 Å². The van der Waals surface area contributed by atoms with Crippen LogP contribution in [0.1, 0.15) is 23.2 Å². The Kier molecular flexibility index (Phi) is 4.95. The van der Waals surface area contributed by atoms with Crippen molar-refractivity contribution in [3.05, 3.63) is 88.1 Å². The van der Waals surface area contributed by atoms with Gasteiger partial charge in [-0.2, -0.15) is 0 Å². The van der Waals surface area contributed by atoms with Crippen LogP contribution in [0.3, 0.4) is 0 Å². The van der Waals surface area contributed by atoms with Gasteiger partial charge >= 0.3 is 0 Å². The molecule has 0 atom stereocenters. The van der Waals surface area contributed by atoms with E-state index in [4.69, 9.17) is 4.74 Å². The molecule has 1 aromatic heterocycles. The molecule has 0 radical (unpaired) electrons. The SMILES string of the molecule is Bc1ccc2[nH]c(=O)c(C(=O)NC3=C(Oc4ccccc4)CCC=C3)c(O)c2c1. The van der Waals surface area contributed by atoms with Crippen LogP contribution in [0.25, 0.3) is 10.9 Å². The summed E-state index contributed by atoms with van der Waals surface area (Å²) < 4.78 is 5.92. The summed E-state index contributed by atoms with van der Waals surface area (Å²) >= 11 is 0. The minimum atomic E-state index is -0.692. The molecule has 2 aromatic carbocycles. The lowest BCUT2D eigenvalue weighted by molar-refractivity contribution is 0.0961. The number of aromatic nitrogens is 1. The number of aromatic hydroxyl groups is 1. The first kappa shape index (κ1) is 18.6. The summed E-state index contributed by atoms with van der Waals surface area (Å²) in [4.78, 5) is 28.0. The first-order chi connectivity index (χ1) is 14.0. The largest absolute Gasteiger partial charge is 0.506 e. The minimum absolute atomic E-state index is 0.325. The number of hydrogen-bond acceptors (Lipinski definition) is 4. The summed E-state index contributed by atoms with van der Waals surface area (Å²) in [5.41, 5.74) is 0.867. The van der Waals surface area contributed by atoms with Crippen molar-refractivity contribution < 1.29 is 14.6 Å². The summed E-state index contributed by atoms with van der Waals surface area (Å²) in [6.07, 6.45) is 5.06. The number of para-hydroxylation sites is 1. The van der Waals surface area contributed by atoms with Gasteiger partial charge in [-0.25, -0.2) is 0 Å². The molecular formula is C22H19BN2O4. The fraction of sp³-hybridized carbons (Fsp3) is 0.0909. The monoisotopic (exact) mass is 386 g/mol. The fourth-order valence-corrected chi connectivity index (χ4v) is 3.28. The lowest BCUT2D eigenvalue weighted by Gasteiger charge is -2.18. The Morgan fingerprint density at radius 2 is 1.97 bits per heavy atom. The van der Waals surface area contributed by atoms with Gasteiger partial charge in [-0.05, 0) is 30.7 Å². The Morgan fingerprint density at radius 1 is 1.17 bits per heavy atom. The number of aromatic amines is 1. The van der Waals surface area contributed by atoms with E-state index in [1.807, 2.05) is 50.3 Å². The van der Waals surface area contributed by atoms with Gasteiger partial charge in [-0.3, -0.25) is 9.59 Å². The molecule has 1 heterocycles. The number of ether oxygens (including phenoxy) is 1. The first-order valence-corrected chi connectivity index (χ1v) is 9.32. The molecule has 0 spiro atoms. The molecule has 3 aromatic rings. The third kappa shape index (κ3) is 3.80. The number of benzene rings is 2. The van der Waals surface area contributed by atoms with Crippen LogP contribution in [0, 0.1) is 0 Å². The van der Waals surface area contributed by atoms with E-state index in [-0.39, 0.29) is 11.3 Å². The summed E-state index contributed by atoms with van der Waals surface area (Å²) in [6.45, 7) is 0. The van der Waals surface area contributed by atoms with Crippen molar-refractivity contribution in [3.8, 4) is 11.5 Å². The van der Waals surface area contributed by atoms with Gasteiger partial charge in [0.15, 0.2) is 0 Å². The number of H-pyrrole nitrogens is 1. The Morgan fingerprint density at radius 3 is 2.76 bits per heavy atom. The van der Waals surface area contributed by atoms with E-state index in [0.717, 1.165) is 11.9 Å². The van der Waals surface area contributed by atoms with Crippen molar-refractivity contribution in [1.82, 2.24) is 10.3 Å². The van der Waals surface area contributed by atoms with Crippen LogP contribution in [-0.2, 0) is 0 Å². The van der Waals surface area contributed by atoms with Crippen LogP contribution >= 0.6 is 0 Å². The highest BCUT2D eigenvalue weighted by atomic mass is 16.5. The predicted octanol–water partition coefficient (Wildman–Crippen LogP) is 1.86. The van der Waals surface area contributed by atoms with E-state index in [2.05, 4.69) is 10.3 Å². The Labute approximate surface area is 167 Å². The highest BCUT2D eigenvalue weighted by Crippen LogP contribution is 2.25. The first-order valence-electron chi connectivity index (χ1n) is 9.32. The van der Waals surface area contributed by atoms with Crippen LogP contribution in [0.5, 0.6) is 11.5 Å². The number of allylic oxidation sites excluding steroid dienone is 3. The zero-order valence-electron chi connectivity index (χ0n) is 15.9. The highest BCUT2D eigenvalue weighted by Gasteiger charge is 2.22. The molecule has 1 aliphatic carbocycles. The van der Waals surface area contributed by atoms with Gasteiger partial charge in [0.2, 0.25) is 0 Å². The summed E-state index contributed by atoms with van der Waals surface area (Å²) in [7, 11) is 1.87. The molecule has 29 heavy (non-hydrogen) atoms. The molecule has 0 fully saturated rings. The van der Waals surface area contributed by atoms with E-state index in [1.165, 1.54) is 0 Å². The van der Waals surface area contributed by atoms with E-state index < -0.39 is 11.5 Å². The van der Waals surface area contributed by atoms with Gasteiger partial charge in [0.05, 0.1) is 11.2 Å². The summed E-state index contributed by atoms with van der Waals surface area (Å²) in [5, 5.41) is 13.7. The highest BCUT2D eigenvalue weighted by molar-refractivity contribution is 6.33. The van der Waals surface area contributed by atoms with Gasteiger partial charge in [-0.1, -0.05) is 41.9 Å². The molecule has 6 nitrogen and oxygen atoms in total. The van der Waals surface area contributed by atoms with Crippen molar-refractivity contribution in [2.75, 3.05) is 0 Å². The fourth-order valence-electron chi connectivity index (χ4n) is 3.28. The van der Waals surface area contributed by atoms with E-state index >= 15 is 0 Å². The average molecular weight is 386 g/mol. The zero-order chi connectivity index (χ0) is 20.4. The van der Waals surface area contributed by atoms with Gasteiger partial charge in [0.1, 0.15) is 30.7 Å². The number of nitrogens with one attached hydrogen (secondary N) is 2.